The largest absolute Gasteiger partial charge is 0.382 e. The fraction of sp³-hybridized carbons (Fsp3) is 0.667. The van der Waals surface area contributed by atoms with E-state index in [9.17, 15) is 0 Å². The number of aromatic nitrogens is 2. The van der Waals surface area contributed by atoms with E-state index in [1.807, 2.05) is 13.2 Å². The zero-order chi connectivity index (χ0) is 9.26. The fourth-order valence-electron chi connectivity index (χ4n) is 1.56. The van der Waals surface area contributed by atoms with Gasteiger partial charge in [0.1, 0.15) is 5.82 Å². The third-order valence-corrected chi connectivity index (χ3v) is 2.62. The first-order valence-electron chi connectivity index (χ1n) is 4.77. The van der Waals surface area contributed by atoms with Gasteiger partial charge in [0.15, 0.2) is 0 Å². The monoisotopic (exact) mass is 180 g/mol. The molecule has 1 saturated carbocycles. The van der Waals surface area contributed by atoms with Crippen LogP contribution in [0.3, 0.4) is 0 Å². The van der Waals surface area contributed by atoms with Crippen LogP contribution in [0, 0.1) is 0 Å². The van der Waals surface area contributed by atoms with Crippen LogP contribution in [0.5, 0.6) is 0 Å². The minimum atomic E-state index is 0.648. The molecule has 0 aromatic carbocycles. The summed E-state index contributed by atoms with van der Waals surface area (Å²) in [6.07, 6.45) is 5.95. The van der Waals surface area contributed by atoms with Gasteiger partial charge in [0.2, 0.25) is 0 Å². The molecular weight excluding hydrogens is 164 g/mol. The van der Waals surface area contributed by atoms with Crippen LogP contribution in [-0.4, -0.2) is 15.8 Å². The van der Waals surface area contributed by atoms with Crippen LogP contribution in [0.15, 0.2) is 6.20 Å². The van der Waals surface area contributed by atoms with Crippen molar-refractivity contribution in [2.75, 3.05) is 5.73 Å². The van der Waals surface area contributed by atoms with Crippen molar-refractivity contribution in [2.24, 2.45) is 7.05 Å². The molecule has 4 heteroatoms. The van der Waals surface area contributed by atoms with E-state index >= 15 is 0 Å². The first-order valence-corrected chi connectivity index (χ1v) is 4.77. The van der Waals surface area contributed by atoms with Crippen molar-refractivity contribution in [1.29, 1.82) is 0 Å². The quantitative estimate of drug-likeness (QED) is 0.718. The number of anilines is 1. The molecule has 72 valence electrons. The predicted octanol–water partition coefficient (Wildman–Crippen LogP) is 0.644. The van der Waals surface area contributed by atoms with Crippen LogP contribution in [-0.2, 0) is 13.6 Å². The van der Waals surface area contributed by atoms with Gasteiger partial charge in [0.05, 0.1) is 0 Å². The number of nitrogens with two attached hydrogens (primary N) is 1. The van der Waals surface area contributed by atoms with Crippen LogP contribution < -0.4 is 11.1 Å². The molecule has 1 heterocycles. The standard InChI is InChI=1S/C9H16N4/c1-13-6-7(9(10)12-13)5-11-8-3-2-4-8/h6,8,11H,2-5H2,1H3,(H2,10,12). The zero-order valence-corrected chi connectivity index (χ0v) is 7.95. The molecule has 0 atom stereocenters. The van der Waals surface area contributed by atoms with E-state index in [-0.39, 0.29) is 0 Å². The van der Waals surface area contributed by atoms with Crippen molar-refractivity contribution in [3.63, 3.8) is 0 Å². The molecule has 2 rings (SSSR count). The number of rotatable bonds is 3. The summed E-state index contributed by atoms with van der Waals surface area (Å²) in [5.41, 5.74) is 6.82. The first kappa shape index (κ1) is 8.56. The van der Waals surface area contributed by atoms with Gasteiger partial charge < -0.3 is 11.1 Å². The van der Waals surface area contributed by atoms with Gasteiger partial charge in [-0.1, -0.05) is 6.42 Å². The van der Waals surface area contributed by atoms with E-state index in [0.29, 0.717) is 11.9 Å². The maximum atomic E-state index is 5.72. The van der Waals surface area contributed by atoms with Crippen molar-refractivity contribution < 1.29 is 0 Å². The fourth-order valence-corrected chi connectivity index (χ4v) is 1.56. The number of hydrogen-bond acceptors (Lipinski definition) is 3. The Morgan fingerprint density at radius 2 is 2.46 bits per heavy atom. The molecule has 1 aliphatic carbocycles. The van der Waals surface area contributed by atoms with Crippen LogP contribution in [0.25, 0.3) is 0 Å². The second kappa shape index (κ2) is 3.38. The molecule has 0 unspecified atom stereocenters. The normalized spacial score (nSPS) is 17.3. The second-order valence-electron chi connectivity index (χ2n) is 3.72. The molecule has 3 N–H and O–H groups in total. The Hall–Kier alpha value is -1.03. The first-order chi connectivity index (χ1) is 6.25. The third-order valence-electron chi connectivity index (χ3n) is 2.62. The molecule has 0 bridgehead atoms. The highest BCUT2D eigenvalue weighted by Crippen LogP contribution is 2.19. The number of nitrogens with zero attached hydrogens (tertiary/aromatic N) is 2. The summed E-state index contributed by atoms with van der Waals surface area (Å²) in [5, 5.41) is 7.54. The maximum Gasteiger partial charge on any atom is 0.149 e. The van der Waals surface area contributed by atoms with Crippen LogP contribution in [0.4, 0.5) is 5.82 Å². The van der Waals surface area contributed by atoms with Crippen molar-refractivity contribution >= 4 is 5.82 Å². The highest BCUT2D eigenvalue weighted by molar-refractivity contribution is 5.37. The maximum absolute atomic E-state index is 5.72. The summed E-state index contributed by atoms with van der Waals surface area (Å²) >= 11 is 0. The summed E-state index contributed by atoms with van der Waals surface area (Å²) in [4.78, 5) is 0. The van der Waals surface area contributed by atoms with Gasteiger partial charge in [-0.3, -0.25) is 4.68 Å². The molecule has 1 aromatic heterocycles. The molecule has 4 nitrogen and oxygen atoms in total. The van der Waals surface area contributed by atoms with Gasteiger partial charge >= 0.3 is 0 Å². The van der Waals surface area contributed by atoms with Gasteiger partial charge in [-0.15, -0.1) is 0 Å². The van der Waals surface area contributed by atoms with Crippen molar-refractivity contribution in [3.8, 4) is 0 Å². The lowest BCUT2D eigenvalue weighted by Crippen LogP contribution is -2.34. The van der Waals surface area contributed by atoms with E-state index in [1.165, 1.54) is 19.3 Å². The Morgan fingerprint density at radius 1 is 1.69 bits per heavy atom. The zero-order valence-electron chi connectivity index (χ0n) is 7.95. The van der Waals surface area contributed by atoms with Crippen molar-refractivity contribution in [2.45, 2.75) is 31.8 Å². The van der Waals surface area contributed by atoms with Crippen LogP contribution >= 0.6 is 0 Å². The molecular formula is C9H16N4. The van der Waals surface area contributed by atoms with E-state index < -0.39 is 0 Å². The molecule has 1 aromatic rings. The second-order valence-corrected chi connectivity index (χ2v) is 3.72. The molecule has 0 radical (unpaired) electrons. The Bertz CT molecular complexity index is 288. The van der Waals surface area contributed by atoms with E-state index in [4.69, 9.17) is 5.73 Å². The van der Waals surface area contributed by atoms with Crippen molar-refractivity contribution in [3.05, 3.63) is 11.8 Å². The molecule has 1 aliphatic rings. The average molecular weight is 180 g/mol. The molecule has 0 amide bonds. The Balaban J connectivity index is 1.89. The van der Waals surface area contributed by atoms with E-state index in [0.717, 1.165) is 12.1 Å². The smallest absolute Gasteiger partial charge is 0.149 e. The number of hydrogen-bond donors (Lipinski definition) is 2. The Kier molecular flexibility index (Phi) is 2.22. The SMILES string of the molecule is Cn1cc(CNC2CCC2)c(N)n1. The van der Waals surface area contributed by atoms with Crippen LogP contribution in [0.2, 0.25) is 0 Å². The van der Waals surface area contributed by atoms with Gasteiger partial charge in [0.25, 0.3) is 0 Å². The van der Waals surface area contributed by atoms with Crippen LogP contribution in [0.1, 0.15) is 24.8 Å². The predicted molar refractivity (Wildman–Crippen MR) is 52.1 cm³/mol. The molecule has 0 saturated heterocycles. The van der Waals surface area contributed by atoms with Gasteiger partial charge in [0, 0.05) is 31.4 Å². The topological polar surface area (TPSA) is 55.9 Å². The Morgan fingerprint density at radius 3 is 2.92 bits per heavy atom. The third kappa shape index (κ3) is 1.83. The van der Waals surface area contributed by atoms with Gasteiger partial charge in [-0.25, -0.2) is 0 Å². The number of nitrogens with one attached hydrogen (secondary N) is 1. The van der Waals surface area contributed by atoms with E-state index in [1.54, 1.807) is 4.68 Å². The lowest BCUT2D eigenvalue weighted by atomic mass is 9.93. The van der Waals surface area contributed by atoms with E-state index in [2.05, 4.69) is 10.4 Å². The molecule has 0 spiro atoms. The summed E-state index contributed by atoms with van der Waals surface area (Å²) in [7, 11) is 1.89. The highest BCUT2D eigenvalue weighted by atomic mass is 15.3. The number of nitrogen functional groups attached to an aromatic ring is 1. The summed E-state index contributed by atoms with van der Waals surface area (Å²) in [6, 6.07) is 0.708. The summed E-state index contributed by atoms with van der Waals surface area (Å²) < 4.78 is 1.76. The highest BCUT2D eigenvalue weighted by Gasteiger charge is 2.16. The molecule has 0 aliphatic heterocycles. The van der Waals surface area contributed by atoms with Gasteiger partial charge in [-0.2, -0.15) is 5.10 Å². The lowest BCUT2D eigenvalue weighted by molar-refractivity contribution is 0.338. The minimum Gasteiger partial charge on any atom is -0.382 e. The molecule has 13 heavy (non-hydrogen) atoms. The summed E-state index contributed by atoms with van der Waals surface area (Å²) in [5.74, 6) is 0.648. The Labute approximate surface area is 78.1 Å². The average Bonchev–Trinajstić information content (AvgIpc) is 2.27. The minimum absolute atomic E-state index is 0.648. The molecule has 1 fully saturated rings. The van der Waals surface area contributed by atoms with Crippen molar-refractivity contribution in [1.82, 2.24) is 15.1 Å². The summed E-state index contributed by atoms with van der Waals surface area (Å²) in [6.45, 7) is 0.852. The van der Waals surface area contributed by atoms with Gasteiger partial charge in [-0.05, 0) is 12.8 Å². The number of aryl methyl sites for hydroxylation is 1. The lowest BCUT2D eigenvalue weighted by Gasteiger charge is -2.26.